The number of nitrogens with two attached hydrogens (primary N) is 1. The van der Waals surface area contributed by atoms with E-state index in [2.05, 4.69) is 21.1 Å². The highest BCUT2D eigenvalue weighted by molar-refractivity contribution is 5.88. The molecule has 0 radical (unpaired) electrons. The van der Waals surface area contributed by atoms with E-state index in [1.165, 1.54) is 5.56 Å². The van der Waals surface area contributed by atoms with Gasteiger partial charge < -0.3 is 10.3 Å². The molecule has 8 heteroatoms. The van der Waals surface area contributed by atoms with Crippen LogP contribution >= 0.6 is 0 Å². The normalized spacial score (nSPS) is 18.5. The number of carbonyl (C=O) groups is 1. The molecule has 2 aromatic heterocycles. The molecule has 1 atom stereocenters. The van der Waals surface area contributed by atoms with Gasteiger partial charge in [0.1, 0.15) is 18.1 Å². The monoisotopic (exact) mass is 327 g/mol. The summed E-state index contributed by atoms with van der Waals surface area (Å²) in [5, 5.41) is 13.3. The number of nitrogens with zero attached hydrogens (tertiary/aromatic N) is 6. The third-order valence-electron chi connectivity index (χ3n) is 4.73. The Morgan fingerprint density at radius 1 is 1.54 bits per heavy atom. The van der Waals surface area contributed by atoms with Gasteiger partial charge in [-0.1, -0.05) is 0 Å². The van der Waals surface area contributed by atoms with Gasteiger partial charge >= 0.3 is 0 Å². The number of rotatable bonds is 4. The minimum absolute atomic E-state index is 0.0599. The van der Waals surface area contributed by atoms with Gasteiger partial charge in [-0.05, 0) is 37.9 Å². The van der Waals surface area contributed by atoms with Gasteiger partial charge in [0.25, 0.3) is 5.91 Å². The van der Waals surface area contributed by atoms with Crippen molar-refractivity contribution in [2.45, 2.75) is 32.4 Å². The summed E-state index contributed by atoms with van der Waals surface area (Å²) in [4.78, 5) is 17.5. The highest BCUT2D eigenvalue weighted by atomic mass is 16.1. The van der Waals surface area contributed by atoms with Gasteiger partial charge in [0.2, 0.25) is 5.82 Å². The van der Waals surface area contributed by atoms with Crippen molar-refractivity contribution in [3.8, 4) is 6.07 Å². The van der Waals surface area contributed by atoms with Gasteiger partial charge in [-0.2, -0.15) is 5.26 Å². The van der Waals surface area contributed by atoms with Crippen molar-refractivity contribution in [1.82, 2.24) is 24.2 Å². The molecule has 0 saturated carbocycles. The summed E-state index contributed by atoms with van der Waals surface area (Å²) in [7, 11) is 1.91. The lowest BCUT2D eigenvalue weighted by atomic mass is 10.1. The predicted molar refractivity (Wildman–Crippen MR) is 87.0 cm³/mol. The van der Waals surface area contributed by atoms with E-state index < -0.39 is 5.91 Å². The fourth-order valence-corrected chi connectivity index (χ4v) is 3.22. The second kappa shape index (κ2) is 6.45. The standard InChI is InChI=1S/C16H21N7O/c1-11-12(6-14(7-17)21(11)2)8-22-5-3-4-13(9-22)23-10-19-16(20-23)15(18)24/h6,10,13H,3-5,8-9H2,1-2H3,(H2,18,24)/t13-/m1/s1. The summed E-state index contributed by atoms with van der Waals surface area (Å²) in [5.41, 5.74) is 8.18. The Hall–Kier alpha value is -2.66. The molecule has 0 unspecified atom stereocenters. The molecule has 1 aliphatic heterocycles. The molecule has 0 spiro atoms. The van der Waals surface area contributed by atoms with Crippen molar-refractivity contribution in [2.24, 2.45) is 12.8 Å². The van der Waals surface area contributed by atoms with Crippen molar-refractivity contribution < 1.29 is 4.79 Å². The lowest BCUT2D eigenvalue weighted by Gasteiger charge is -2.32. The number of aromatic nitrogens is 4. The Morgan fingerprint density at radius 2 is 2.33 bits per heavy atom. The zero-order valence-electron chi connectivity index (χ0n) is 13.9. The number of carbonyl (C=O) groups excluding carboxylic acids is 1. The molecule has 3 rings (SSSR count). The second-order valence-electron chi connectivity index (χ2n) is 6.25. The summed E-state index contributed by atoms with van der Waals surface area (Å²) in [6.07, 6.45) is 3.62. The van der Waals surface area contributed by atoms with E-state index in [0.29, 0.717) is 5.69 Å². The number of piperidine rings is 1. The molecular formula is C16H21N7O. The Morgan fingerprint density at radius 3 is 2.96 bits per heavy atom. The Kier molecular flexibility index (Phi) is 4.36. The molecule has 8 nitrogen and oxygen atoms in total. The smallest absolute Gasteiger partial charge is 0.288 e. The van der Waals surface area contributed by atoms with Gasteiger partial charge in [-0.15, -0.1) is 5.10 Å². The van der Waals surface area contributed by atoms with Crippen molar-refractivity contribution in [3.63, 3.8) is 0 Å². The summed E-state index contributed by atoms with van der Waals surface area (Å²) in [5.74, 6) is -0.546. The van der Waals surface area contributed by atoms with E-state index in [1.54, 1.807) is 11.0 Å². The average Bonchev–Trinajstić information content (AvgIpc) is 3.16. The molecule has 3 heterocycles. The molecule has 0 aromatic carbocycles. The average molecular weight is 327 g/mol. The maximum Gasteiger partial charge on any atom is 0.288 e. The first-order valence-electron chi connectivity index (χ1n) is 7.98. The summed E-state index contributed by atoms with van der Waals surface area (Å²) < 4.78 is 3.66. The van der Waals surface area contributed by atoms with Crippen LogP contribution in [0, 0.1) is 18.3 Å². The fourth-order valence-electron chi connectivity index (χ4n) is 3.22. The van der Waals surface area contributed by atoms with Crippen LogP contribution in [0.15, 0.2) is 12.4 Å². The van der Waals surface area contributed by atoms with Crippen molar-refractivity contribution >= 4 is 5.91 Å². The third-order valence-corrected chi connectivity index (χ3v) is 4.73. The molecule has 0 bridgehead atoms. The molecule has 1 aliphatic rings. The first kappa shape index (κ1) is 16.2. The molecule has 126 valence electrons. The van der Waals surface area contributed by atoms with Gasteiger partial charge in [0.15, 0.2) is 0 Å². The second-order valence-corrected chi connectivity index (χ2v) is 6.25. The van der Waals surface area contributed by atoms with E-state index >= 15 is 0 Å². The lowest BCUT2D eigenvalue weighted by Crippen LogP contribution is -2.36. The lowest BCUT2D eigenvalue weighted by molar-refractivity contribution is 0.0989. The summed E-state index contributed by atoms with van der Waals surface area (Å²) >= 11 is 0. The van der Waals surface area contributed by atoms with Crippen LogP contribution in [-0.4, -0.2) is 43.2 Å². The Balaban J connectivity index is 1.72. The Labute approximate surface area is 140 Å². The fraction of sp³-hybridized carbons (Fsp3) is 0.500. The number of hydrogen-bond acceptors (Lipinski definition) is 5. The zero-order valence-corrected chi connectivity index (χ0v) is 13.9. The predicted octanol–water partition coefficient (Wildman–Crippen LogP) is 0.733. The summed E-state index contributed by atoms with van der Waals surface area (Å²) in [6, 6.07) is 4.36. The maximum absolute atomic E-state index is 11.1. The highest BCUT2D eigenvalue weighted by Crippen LogP contribution is 2.24. The van der Waals surface area contributed by atoms with Crippen LogP contribution in [-0.2, 0) is 13.6 Å². The first-order chi connectivity index (χ1) is 11.5. The summed E-state index contributed by atoms with van der Waals surface area (Å²) in [6.45, 7) is 4.67. The van der Waals surface area contributed by atoms with E-state index in [0.717, 1.165) is 38.2 Å². The van der Waals surface area contributed by atoms with Crippen LogP contribution in [0.5, 0.6) is 0 Å². The molecule has 1 saturated heterocycles. The number of amides is 1. The van der Waals surface area contributed by atoms with Crippen LogP contribution in [0.1, 0.15) is 46.5 Å². The minimum atomic E-state index is -0.606. The minimum Gasteiger partial charge on any atom is -0.363 e. The van der Waals surface area contributed by atoms with E-state index in [4.69, 9.17) is 11.0 Å². The van der Waals surface area contributed by atoms with Crippen LogP contribution in [0.3, 0.4) is 0 Å². The largest absolute Gasteiger partial charge is 0.363 e. The molecule has 1 fully saturated rings. The van der Waals surface area contributed by atoms with Crippen molar-refractivity contribution in [1.29, 1.82) is 5.26 Å². The molecule has 2 N–H and O–H groups in total. The van der Waals surface area contributed by atoms with E-state index in [1.807, 2.05) is 24.6 Å². The molecule has 0 aliphatic carbocycles. The quantitative estimate of drug-likeness (QED) is 0.891. The van der Waals surface area contributed by atoms with Gasteiger partial charge in [0, 0.05) is 25.8 Å². The van der Waals surface area contributed by atoms with Crippen LogP contribution in [0.25, 0.3) is 0 Å². The number of nitriles is 1. The van der Waals surface area contributed by atoms with Crippen LogP contribution < -0.4 is 5.73 Å². The van der Waals surface area contributed by atoms with Gasteiger partial charge in [-0.3, -0.25) is 9.69 Å². The van der Waals surface area contributed by atoms with Crippen LogP contribution in [0.2, 0.25) is 0 Å². The molecule has 2 aromatic rings. The first-order valence-corrected chi connectivity index (χ1v) is 7.98. The van der Waals surface area contributed by atoms with E-state index in [-0.39, 0.29) is 11.9 Å². The van der Waals surface area contributed by atoms with Gasteiger partial charge in [-0.25, -0.2) is 9.67 Å². The number of hydrogen-bond donors (Lipinski definition) is 1. The molecule has 24 heavy (non-hydrogen) atoms. The molecular weight excluding hydrogens is 306 g/mol. The van der Waals surface area contributed by atoms with Crippen molar-refractivity contribution in [3.05, 3.63) is 35.2 Å². The third kappa shape index (κ3) is 3.03. The van der Waals surface area contributed by atoms with Crippen LogP contribution in [0.4, 0.5) is 0 Å². The number of primary amides is 1. The zero-order chi connectivity index (χ0) is 17.3. The Bertz CT molecular complexity index is 798. The number of likely N-dealkylation sites (tertiary alicyclic amines) is 1. The SMILES string of the molecule is Cc1c(CN2CCC[C@@H](n3cnc(C(N)=O)n3)C2)cc(C#N)n1C. The molecule has 1 amide bonds. The maximum atomic E-state index is 11.1. The van der Waals surface area contributed by atoms with E-state index in [9.17, 15) is 4.79 Å². The topological polar surface area (TPSA) is 106 Å². The van der Waals surface area contributed by atoms with Gasteiger partial charge in [0.05, 0.1) is 6.04 Å². The highest BCUT2D eigenvalue weighted by Gasteiger charge is 2.24. The van der Waals surface area contributed by atoms with Crippen molar-refractivity contribution in [2.75, 3.05) is 13.1 Å².